The SMILES string of the molecule is COCC1CN(Cc2ccc(C)s2)Cc2nnn(CC3CC3)c21. The lowest BCUT2D eigenvalue weighted by Crippen LogP contribution is -2.36. The summed E-state index contributed by atoms with van der Waals surface area (Å²) in [6.07, 6.45) is 2.68. The van der Waals surface area contributed by atoms with Crippen LogP contribution in [0.1, 0.15) is 39.9 Å². The third kappa shape index (κ3) is 3.34. The number of hydrogen-bond donors (Lipinski definition) is 0. The van der Waals surface area contributed by atoms with Crippen molar-refractivity contribution >= 4 is 11.3 Å². The second kappa shape index (κ2) is 6.34. The van der Waals surface area contributed by atoms with Gasteiger partial charge in [0, 0.05) is 49.0 Å². The summed E-state index contributed by atoms with van der Waals surface area (Å²) in [5.74, 6) is 1.19. The molecule has 1 atom stereocenters. The molecule has 0 amide bonds. The second-order valence-electron chi connectivity index (χ2n) is 6.88. The Balaban J connectivity index is 1.54. The van der Waals surface area contributed by atoms with Crippen LogP contribution in [0, 0.1) is 12.8 Å². The maximum atomic E-state index is 5.49. The van der Waals surface area contributed by atoms with Crippen LogP contribution >= 0.6 is 11.3 Å². The molecular weight excluding hydrogens is 308 g/mol. The van der Waals surface area contributed by atoms with Gasteiger partial charge < -0.3 is 4.74 Å². The summed E-state index contributed by atoms with van der Waals surface area (Å²) in [7, 11) is 1.79. The van der Waals surface area contributed by atoms with Crippen molar-refractivity contribution in [3.8, 4) is 0 Å². The summed E-state index contributed by atoms with van der Waals surface area (Å²) >= 11 is 1.89. The van der Waals surface area contributed by atoms with E-state index < -0.39 is 0 Å². The minimum Gasteiger partial charge on any atom is -0.384 e. The minimum absolute atomic E-state index is 0.374. The lowest BCUT2D eigenvalue weighted by molar-refractivity contribution is 0.131. The molecule has 1 fully saturated rings. The number of nitrogens with zero attached hydrogens (tertiary/aromatic N) is 4. The zero-order valence-corrected chi connectivity index (χ0v) is 14.7. The molecule has 0 radical (unpaired) electrons. The van der Waals surface area contributed by atoms with Crippen LogP contribution in [0.15, 0.2) is 12.1 Å². The Morgan fingerprint density at radius 1 is 1.35 bits per heavy atom. The molecule has 1 aliphatic carbocycles. The van der Waals surface area contributed by atoms with Gasteiger partial charge in [-0.25, -0.2) is 4.68 Å². The molecule has 2 aromatic heterocycles. The zero-order valence-electron chi connectivity index (χ0n) is 13.9. The van der Waals surface area contributed by atoms with Crippen molar-refractivity contribution in [2.24, 2.45) is 5.92 Å². The highest BCUT2D eigenvalue weighted by molar-refractivity contribution is 7.11. The van der Waals surface area contributed by atoms with E-state index in [2.05, 4.69) is 39.0 Å². The van der Waals surface area contributed by atoms with Gasteiger partial charge in [-0.3, -0.25) is 4.90 Å². The number of rotatable bonds is 6. The molecule has 0 bridgehead atoms. The maximum absolute atomic E-state index is 5.49. The number of thiophene rings is 1. The first-order valence-corrected chi connectivity index (χ1v) is 9.23. The molecule has 2 aliphatic rings. The maximum Gasteiger partial charge on any atom is 0.100 e. The normalized spacial score (nSPS) is 21.6. The standard InChI is InChI=1S/C17H24N4OS/c1-12-3-6-15(23-12)9-20-8-14(11-22-2)17-16(10-20)18-19-21(17)7-13-4-5-13/h3,6,13-14H,4-5,7-11H2,1-2H3. The van der Waals surface area contributed by atoms with Gasteiger partial charge in [0.25, 0.3) is 0 Å². The highest BCUT2D eigenvalue weighted by atomic mass is 32.1. The van der Waals surface area contributed by atoms with Crippen molar-refractivity contribution in [3.05, 3.63) is 33.3 Å². The number of ether oxygens (including phenoxy) is 1. The van der Waals surface area contributed by atoms with Gasteiger partial charge in [0.2, 0.25) is 0 Å². The molecule has 23 heavy (non-hydrogen) atoms. The molecule has 6 heteroatoms. The monoisotopic (exact) mass is 332 g/mol. The van der Waals surface area contributed by atoms with Crippen molar-refractivity contribution in [1.82, 2.24) is 19.9 Å². The van der Waals surface area contributed by atoms with E-state index in [0.717, 1.165) is 44.4 Å². The van der Waals surface area contributed by atoms with Gasteiger partial charge in [-0.05, 0) is 37.8 Å². The predicted octanol–water partition coefficient (Wildman–Crippen LogP) is 2.80. The molecule has 0 saturated heterocycles. The summed E-state index contributed by atoms with van der Waals surface area (Å²) in [6.45, 7) is 6.86. The Kier molecular flexibility index (Phi) is 4.22. The average Bonchev–Trinajstić information content (AvgIpc) is 3.11. The topological polar surface area (TPSA) is 43.2 Å². The fourth-order valence-corrected chi connectivity index (χ4v) is 4.45. The van der Waals surface area contributed by atoms with E-state index in [1.807, 2.05) is 11.3 Å². The highest BCUT2D eigenvalue weighted by Crippen LogP contribution is 2.34. The molecule has 1 unspecified atom stereocenters. The molecule has 1 aliphatic heterocycles. The largest absolute Gasteiger partial charge is 0.384 e. The van der Waals surface area contributed by atoms with Crippen LogP contribution in [0.25, 0.3) is 0 Å². The number of aromatic nitrogens is 3. The molecule has 124 valence electrons. The van der Waals surface area contributed by atoms with Gasteiger partial charge in [0.15, 0.2) is 0 Å². The third-order valence-electron chi connectivity index (χ3n) is 4.76. The van der Waals surface area contributed by atoms with Gasteiger partial charge in [0.05, 0.1) is 12.3 Å². The van der Waals surface area contributed by atoms with E-state index in [0.29, 0.717) is 5.92 Å². The van der Waals surface area contributed by atoms with E-state index >= 15 is 0 Å². The van der Waals surface area contributed by atoms with Gasteiger partial charge in [-0.1, -0.05) is 5.21 Å². The highest BCUT2D eigenvalue weighted by Gasteiger charge is 2.33. The first-order valence-electron chi connectivity index (χ1n) is 8.42. The minimum atomic E-state index is 0.374. The van der Waals surface area contributed by atoms with Gasteiger partial charge in [0.1, 0.15) is 5.69 Å². The first kappa shape index (κ1) is 15.3. The fourth-order valence-electron chi connectivity index (χ4n) is 3.51. The van der Waals surface area contributed by atoms with Crippen LogP contribution < -0.4 is 0 Å². The first-order chi connectivity index (χ1) is 11.2. The summed E-state index contributed by atoms with van der Waals surface area (Å²) < 4.78 is 7.65. The van der Waals surface area contributed by atoms with Crippen LogP contribution in [0.5, 0.6) is 0 Å². The summed E-state index contributed by atoms with van der Waals surface area (Å²) in [5.41, 5.74) is 2.46. The van der Waals surface area contributed by atoms with Crippen LogP contribution in [-0.2, 0) is 24.4 Å². The van der Waals surface area contributed by atoms with Crippen LogP contribution in [0.3, 0.4) is 0 Å². The third-order valence-corrected chi connectivity index (χ3v) is 5.74. The Morgan fingerprint density at radius 2 is 2.22 bits per heavy atom. The Labute approximate surface area is 141 Å². The van der Waals surface area contributed by atoms with Crippen LogP contribution in [0.4, 0.5) is 0 Å². The average molecular weight is 332 g/mol. The van der Waals surface area contributed by atoms with Crippen molar-refractivity contribution in [2.45, 2.75) is 45.3 Å². The smallest absolute Gasteiger partial charge is 0.100 e. The molecule has 2 aromatic rings. The molecule has 1 saturated carbocycles. The zero-order chi connectivity index (χ0) is 15.8. The molecular formula is C17H24N4OS. The van der Waals surface area contributed by atoms with E-state index in [4.69, 9.17) is 4.74 Å². The molecule has 4 rings (SSSR count). The summed E-state index contributed by atoms with van der Waals surface area (Å²) in [5, 5.41) is 8.93. The molecule has 0 aromatic carbocycles. The van der Waals surface area contributed by atoms with Crippen molar-refractivity contribution in [2.75, 3.05) is 20.3 Å². The molecule has 0 N–H and O–H groups in total. The van der Waals surface area contributed by atoms with E-state index in [9.17, 15) is 0 Å². The number of fused-ring (bicyclic) bond motifs is 1. The lowest BCUT2D eigenvalue weighted by atomic mass is 9.98. The molecule has 0 spiro atoms. The van der Waals surface area contributed by atoms with E-state index in [-0.39, 0.29) is 0 Å². The van der Waals surface area contributed by atoms with Gasteiger partial charge in [-0.2, -0.15) is 0 Å². The fraction of sp³-hybridized carbons (Fsp3) is 0.647. The Hall–Kier alpha value is -1.24. The Bertz CT molecular complexity index is 676. The van der Waals surface area contributed by atoms with Crippen molar-refractivity contribution < 1.29 is 4.74 Å². The van der Waals surface area contributed by atoms with Crippen molar-refractivity contribution in [3.63, 3.8) is 0 Å². The summed E-state index contributed by atoms with van der Waals surface area (Å²) in [4.78, 5) is 5.28. The Morgan fingerprint density at radius 3 is 2.91 bits per heavy atom. The quantitative estimate of drug-likeness (QED) is 0.816. The van der Waals surface area contributed by atoms with Crippen LogP contribution in [0.2, 0.25) is 0 Å². The van der Waals surface area contributed by atoms with Gasteiger partial charge >= 0.3 is 0 Å². The predicted molar refractivity (Wildman–Crippen MR) is 90.5 cm³/mol. The van der Waals surface area contributed by atoms with Crippen LogP contribution in [-0.4, -0.2) is 40.2 Å². The van der Waals surface area contributed by atoms with E-state index in [1.54, 1.807) is 7.11 Å². The number of hydrogen-bond acceptors (Lipinski definition) is 5. The van der Waals surface area contributed by atoms with Gasteiger partial charge in [-0.15, -0.1) is 16.4 Å². The number of aryl methyl sites for hydroxylation is 1. The number of methoxy groups -OCH3 is 1. The van der Waals surface area contributed by atoms with Crippen molar-refractivity contribution in [1.29, 1.82) is 0 Å². The molecule has 3 heterocycles. The van der Waals surface area contributed by atoms with E-state index in [1.165, 1.54) is 28.3 Å². The lowest BCUT2D eigenvalue weighted by Gasteiger charge is -2.31. The second-order valence-corrected chi connectivity index (χ2v) is 8.25. The molecule has 5 nitrogen and oxygen atoms in total. The summed E-state index contributed by atoms with van der Waals surface area (Å²) in [6, 6.07) is 4.44.